The van der Waals surface area contributed by atoms with Crippen molar-refractivity contribution in [3.05, 3.63) is 36.9 Å². The Labute approximate surface area is 101 Å². The van der Waals surface area contributed by atoms with E-state index in [0.29, 0.717) is 17.9 Å². The third-order valence-corrected chi connectivity index (χ3v) is 1.98. The summed E-state index contributed by atoms with van der Waals surface area (Å²) in [6.07, 6.45) is 0.883. The van der Waals surface area contributed by atoms with Crippen LogP contribution in [0.1, 0.15) is 23.7 Å². The summed E-state index contributed by atoms with van der Waals surface area (Å²) in [6.45, 7) is 8.65. The summed E-state index contributed by atoms with van der Waals surface area (Å²) in [7, 11) is 0. The van der Waals surface area contributed by atoms with Crippen molar-refractivity contribution in [2.45, 2.75) is 13.3 Å². The number of rotatable bonds is 4. The van der Waals surface area contributed by atoms with Crippen molar-refractivity contribution in [2.24, 2.45) is 5.84 Å². The highest BCUT2D eigenvalue weighted by molar-refractivity contribution is 5.90. The zero-order chi connectivity index (χ0) is 13.4. The first-order valence-corrected chi connectivity index (χ1v) is 5.20. The maximum atomic E-state index is 10.8. The SMILES string of the molecule is C=C.CCCN(N)c1cc(N)cc(C(=O)O)c1. The minimum absolute atomic E-state index is 0.150. The summed E-state index contributed by atoms with van der Waals surface area (Å²) < 4.78 is 0. The lowest BCUT2D eigenvalue weighted by Crippen LogP contribution is -2.31. The highest BCUT2D eigenvalue weighted by atomic mass is 16.4. The van der Waals surface area contributed by atoms with Gasteiger partial charge in [-0.05, 0) is 24.6 Å². The minimum Gasteiger partial charge on any atom is -0.478 e. The van der Waals surface area contributed by atoms with Crippen molar-refractivity contribution in [3.63, 3.8) is 0 Å². The lowest BCUT2D eigenvalue weighted by molar-refractivity contribution is 0.0697. The molecular formula is C12H19N3O2. The van der Waals surface area contributed by atoms with Crippen molar-refractivity contribution in [2.75, 3.05) is 17.3 Å². The van der Waals surface area contributed by atoms with Crippen molar-refractivity contribution < 1.29 is 9.90 Å². The van der Waals surface area contributed by atoms with Gasteiger partial charge >= 0.3 is 5.97 Å². The second kappa shape index (κ2) is 7.29. The molecule has 0 aliphatic heterocycles. The second-order valence-corrected chi connectivity index (χ2v) is 3.31. The largest absolute Gasteiger partial charge is 0.478 e. The van der Waals surface area contributed by atoms with Gasteiger partial charge in [0.15, 0.2) is 0 Å². The van der Waals surface area contributed by atoms with Gasteiger partial charge in [0.1, 0.15) is 0 Å². The lowest BCUT2D eigenvalue weighted by atomic mass is 10.1. The van der Waals surface area contributed by atoms with E-state index < -0.39 is 5.97 Å². The first-order valence-electron chi connectivity index (χ1n) is 5.20. The minimum atomic E-state index is -1.01. The van der Waals surface area contributed by atoms with Crippen LogP contribution in [0.3, 0.4) is 0 Å². The zero-order valence-electron chi connectivity index (χ0n) is 10.0. The number of carboxylic acid groups (broad SMARTS) is 1. The van der Waals surface area contributed by atoms with E-state index in [4.69, 9.17) is 16.7 Å². The van der Waals surface area contributed by atoms with Gasteiger partial charge in [0.05, 0.1) is 11.3 Å². The van der Waals surface area contributed by atoms with Crippen LogP contribution in [-0.2, 0) is 0 Å². The van der Waals surface area contributed by atoms with Gasteiger partial charge in [-0.2, -0.15) is 0 Å². The normalized spacial score (nSPS) is 9.06. The van der Waals surface area contributed by atoms with Crippen LogP contribution >= 0.6 is 0 Å². The number of carboxylic acids is 1. The van der Waals surface area contributed by atoms with E-state index >= 15 is 0 Å². The van der Waals surface area contributed by atoms with Crippen molar-refractivity contribution in [3.8, 4) is 0 Å². The molecule has 5 heteroatoms. The molecule has 0 aliphatic carbocycles. The van der Waals surface area contributed by atoms with Gasteiger partial charge in [0.25, 0.3) is 0 Å². The van der Waals surface area contributed by atoms with Crippen LogP contribution in [0.4, 0.5) is 11.4 Å². The fourth-order valence-corrected chi connectivity index (χ4v) is 1.29. The smallest absolute Gasteiger partial charge is 0.335 e. The fourth-order valence-electron chi connectivity index (χ4n) is 1.29. The number of nitrogens with zero attached hydrogens (tertiary/aromatic N) is 1. The van der Waals surface area contributed by atoms with Gasteiger partial charge < -0.3 is 15.8 Å². The first kappa shape index (κ1) is 15.0. The molecule has 0 saturated heterocycles. The average molecular weight is 237 g/mol. The second-order valence-electron chi connectivity index (χ2n) is 3.31. The molecule has 0 aliphatic rings. The first-order chi connectivity index (χ1) is 8.04. The number of hydrogen-bond acceptors (Lipinski definition) is 4. The molecule has 0 saturated carbocycles. The Morgan fingerprint density at radius 2 is 2.00 bits per heavy atom. The standard InChI is InChI=1S/C10H15N3O2.C2H4/c1-2-3-13(12)9-5-7(10(14)15)4-8(11)6-9;1-2/h4-6H,2-3,11-12H2,1H3,(H,14,15);1-2H2. The van der Waals surface area contributed by atoms with E-state index in [-0.39, 0.29) is 5.56 Å². The Hall–Kier alpha value is -2.01. The van der Waals surface area contributed by atoms with E-state index in [1.807, 2.05) is 6.92 Å². The number of aromatic carboxylic acids is 1. The molecular weight excluding hydrogens is 218 g/mol. The summed E-state index contributed by atoms with van der Waals surface area (Å²) in [5.41, 5.74) is 6.75. The van der Waals surface area contributed by atoms with Crippen LogP contribution < -0.4 is 16.6 Å². The Kier molecular flexibility index (Phi) is 6.43. The molecule has 0 heterocycles. The monoisotopic (exact) mass is 237 g/mol. The molecule has 0 radical (unpaired) electrons. The number of hydrogen-bond donors (Lipinski definition) is 3. The molecule has 94 valence electrons. The molecule has 5 N–H and O–H groups in total. The van der Waals surface area contributed by atoms with E-state index in [0.717, 1.165) is 6.42 Å². The lowest BCUT2D eigenvalue weighted by Gasteiger charge is -2.18. The molecule has 0 aromatic heterocycles. The quantitative estimate of drug-likeness (QED) is 0.322. The fraction of sp³-hybridized carbons (Fsp3) is 0.250. The van der Waals surface area contributed by atoms with Crippen LogP contribution in [0.25, 0.3) is 0 Å². The van der Waals surface area contributed by atoms with Gasteiger partial charge in [0, 0.05) is 12.2 Å². The summed E-state index contributed by atoms with van der Waals surface area (Å²) in [5.74, 6) is 4.72. The predicted octanol–water partition coefficient (Wildman–Crippen LogP) is 1.86. The Bertz CT molecular complexity index is 380. The molecule has 17 heavy (non-hydrogen) atoms. The summed E-state index contributed by atoms with van der Waals surface area (Å²) >= 11 is 0. The maximum Gasteiger partial charge on any atom is 0.335 e. The Balaban J connectivity index is 0.00000121. The van der Waals surface area contributed by atoms with Gasteiger partial charge in [-0.3, -0.25) is 0 Å². The van der Waals surface area contributed by atoms with Crippen molar-refractivity contribution in [1.29, 1.82) is 0 Å². The number of benzene rings is 1. The van der Waals surface area contributed by atoms with Crippen LogP contribution in [0.5, 0.6) is 0 Å². The number of anilines is 2. The van der Waals surface area contributed by atoms with Crippen LogP contribution in [0.2, 0.25) is 0 Å². The van der Waals surface area contributed by atoms with E-state index in [1.165, 1.54) is 17.1 Å². The number of carbonyl (C=O) groups is 1. The van der Waals surface area contributed by atoms with Gasteiger partial charge in [-0.1, -0.05) is 6.92 Å². The predicted molar refractivity (Wildman–Crippen MR) is 70.9 cm³/mol. The van der Waals surface area contributed by atoms with Crippen molar-refractivity contribution >= 4 is 17.3 Å². The number of nitrogens with two attached hydrogens (primary N) is 2. The Morgan fingerprint density at radius 3 is 2.47 bits per heavy atom. The molecule has 0 bridgehead atoms. The molecule has 1 aromatic rings. The summed E-state index contributed by atoms with van der Waals surface area (Å²) in [4.78, 5) is 10.8. The van der Waals surface area contributed by atoms with Gasteiger partial charge in [0.2, 0.25) is 0 Å². The average Bonchev–Trinajstić information content (AvgIpc) is 2.31. The van der Waals surface area contributed by atoms with E-state index in [9.17, 15) is 4.79 Å². The molecule has 0 atom stereocenters. The molecule has 0 unspecified atom stereocenters. The summed E-state index contributed by atoms with van der Waals surface area (Å²) in [6, 6.07) is 4.57. The van der Waals surface area contributed by atoms with Crippen LogP contribution in [0.15, 0.2) is 31.4 Å². The van der Waals surface area contributed by atoms with E-state index in [2.05, 4.69) is 13.2 Å². The zero-order valence-corrected chi connectivity index (χ0v) is 10.0. The third kappa shape index (κ3) is 4.56. The van der Waals surface area contributed by atoms with Crippen molar-refractivity contribution in [1.82, 2.24) is 0 Å². The topological polar surface area (TPSA) is 92.6 Å². The number of hydrazine groups is 1. The van der Waals surface area contributed by atoms with Crippen LogP contribution in [0, 0.1) is 0 Å². The maximum absolute atomic E-state index is 10.8. The summed E-state index contributed by atoms with van der Waals surface area (Å²) in [5, 5.41) is 10.3. The number of nitrogen functional groups attached to an aromatic ring is 1. The molecule has 0 amide bonds. The molecule has 1 rings (SSSR count). The van der Waals surface area contributed by atoms with E-state index in [1.54, 1.807) is 6.07 Å². The molecule has 0 spiro atoms. The Morgan fingerprint density at radius 1 is 1.41 bits per heavy atom. The molecule has 0 fully saturated rings. The van der Waals surface area contributed by atoms with Crippen LogP contribution in [-0.4, -0.2) is 17.6 Å². The molecule has 1 aromatic carbocycles. The molecule has 5 nitrogen and oxygen atoms in total. The van der Waals surface area contributed by atoms with Gasteiger partial charge in [-0.25, -0.2) is 10.6 Å². The van der Waals surface area contributed by atoms with Gasteiger partial charge in [-0.15, -0.1) is 13.2 Å². The third-order valence-electron chi connectivity index (χ3n) is 1.98. The highest BCUT2D eigenvalue weighted by Crippen LogP contribution is 2.19. The highest BCUT2D eigenvalue weighted by Gasteiger charge is 2.08.